The van der Waals surface area contributed by atoms with E-state index in [2.05, 4.69) is 26.8 Å². The van der Waals surface area contributed by atoms with Crippen molar-refractivity contribution in [1.29, 1.82) is 0 Å². The van der Waals surface area contributed by atoms with Gasteiger partial charge >= 0.3 is 11.9 Å². The van der Waals surface area contributed by atoms with E-state index >= 15 is 0 Å². The van der Waals surface area contributed by atoms with Gasteiger partial charge in [0.1, 0.15) is 12.2 Å². The summed E-state index contributed by atoms with van der Waals surface area (Å²) in [5.41, 5.74) is 0.814. The SMILES string of the molecule is CC(=O)OC1COC2C3=CC4OC(=O)C5(C)CCCC(C)(C3CCC12C)C45. The van der Waals surface area contributed by atoms with Crippen LogP contribution < -0.4 is 0 Å². The van der Waals surface area contributed by atoms with Crippen molar-refractivity contribution in [2.75, 3.05) is 6.61 Å². The van der Waals surface area contributed by atoms with E-state index in [0.717, 1.165) is 32.1 Å². The van der Waals surface area contributed by atoms with E-state index in [-0.39, 0.29) is 52.4 Å². The molecule has 0 bridgehead atoms. The van der Waals surface area contributed by atoms with Gasteiger partial charge in [-0.05, 0) is 55.6 Å². The fourth-order valence-corrected chi connectivity index (χ4v) is 7.47. The van der Waals surface area contributed by atoms with Crippen LogP contribution >= 0.6 is 0 Å². The maximum atomic E-state index is 12.7. The molecule has 2 aliphatic heterocycles. The lowest BCUT2D eigenvalue weighted by molar-refractivity contribution is -0.152. The Kier molecular flexibility index (Phi) is 3.52. The Morgan fingerprint density at radius 1 is 1.19 bits per heavy atom. The third-order valence-electron chi connectivity index (χ3n) is 8.73. The first-order valence-corrected chi connectivity index (χ1v) is 10.4. The summed E-state index contributed by atoms with van der Waals surface area (Å²) in [5.74, 6) is 0.411. The van der Waals surface area contributed by atoms with E-state index in [9.17, 15) is 9.59 Å². The monoisotopic (exact) mass is 374 g/mol. The van der Waals surface area contributed by atoms with Crippen molar-refractivity contribution in [3.63, 3.8) is 0 Å². The molecule has 8 atom stereocenters. The van der Waals surface area contributed by atoms with Crippen LogP contribution in [0.25, 0.3) is 0 Å². The molecular weight excluding hydrogens is 344 g/mol. The van der Waals surface area contributed by atoms with E-state index in [1.165, 1.54) is 12.5 Å². The highest BCUT2D eigenvalue weighted by molar-refractivity contribution is 5.80. The fraction of sp³-hybridized carbons (Fsp3) is 0.818. The molecule has 5 rings (SSSR count). The predicted molar refractivity (Wildman–Crippen MR) is 97.6 cm³/mol. The topological polar surface area (TPSA) is 61.8 Å². The van der Waals surface area contributed by atoms with E-state index in [1.807, 2.05) is 0 Å². The molecule has 0 spiro atoms. The molecule has 5 heteroatoms. The Bertz CT molecular complexity index is 743. The summed E-state index contributed by atoms with van der Waals surface area (Å²) in [6.45, 7) is 8.60. The van der Waals surface area contributed by atoms with Crippen LogP contribution in [0.4, 0.5) is 0 Å². The summed E-state index contributed by atoms with van der Waals surface area (Å²) in [6, 6.07) is 0. The molecule has 5 aliphatic rings. The highest BCUT2D eigenvalue weighted by atomic mass is 16.6. The van der Waals surface area contributed by atoms with Gasteiger partial charge in [0.25, 0.3) is 0 Å². The summed E-state index contributed by atoms with van der Waals surface area (Å²) in [5, 5.41) is 0. The van der Waals surface area contributed by atoms with Crippen molar-refractivity contribution < 1.29 is 23.8 Å². The first kappa shape index (κ1) is 17.7. The van der Waals surface area contributed by atoms with Gasteiger partial charge in [-0.15, -0.1) is 0 Å². The number of ether oxygens (including phenoxy) is 3. The molecule has 8 unspecified atom stereocenters. The van der Waals surface area contributed by atoms with E-state index in [4.69, 9.17) is 14.2 Å². The maximum absolute atomic E-state index is 12.7. The molecule has 0 aromatic carbocycles. The smallest absolute Gasteiger partial charge is 0.312 e. The van der Waals surface area contributed by atoms with Crippen LogP contribution in [-0.4, -0.2) is 36.9 Å². The minimum absolute atomic E-state index is 0.0215. The Balaban J connectivity index is 1.56. The molecular formula is C22H30O5. The molecule has 4 fully saturated rings. The third-order valence-corrected chi connectivity index (χ3v) is 8.73. The van der Waals surface area contributed by atoms with Crippen molar-refractivity contribution in [1.82, 2.24) is 0 Å². The average Bonchev–Trinajstić information content (AvgIpc) is 3.03. The molecule has 0 N–H and O–H groups in total. The second-order valence-electron chi connectivity index (χ2n) is 10.2. The van der Waals surface area contributed by atoms with Gasteiger partial charge in [-0.2, -0.15) is 0 Å². The number of carbonyl (C=O) groups excluding carboxylic acids is 2. The second-order valence-corrected chi connectivity index (χ2v) is 10.2. The minimum atomic E-state index is -0.350. The molecule has 27 heavy (non-hydrogen) atoms. The summed E-state index contributed by atoms with van der Waals surface area (Å²) >= 11 is 0. The van der Waals surface area contributed by atoms with Gasteiger partial charge in [0, 0.05) is 18.3 Å². The van der Waals surface area contributed by atoms with Crippen molar-refractivity contribution >= 4 is 11.9 Å². The highest BCUT2D eigenvalue weighted by Gasteiger charge is 2.68. The third kappa shape index (κ3) is 2.10. The number of carbonyl (C=O) groups is 2. The van der Waals surface area contributed by atoms with Gasteiger partial charge in [-0.3, -0.25) is 9.59 Å². The van der Waals surface area contributed by atoms with Crippen molar-refractivity contribution in [2.45, 2.75) is 78.1 Å². The van der Waals surface area contributed by atoms with Gasteiger partial charge in [0.15, 0.2) is 0 Å². The van der Waals surface area contributed by atoms with Gasteiger partial charge in [-0.25, -0.2) is 0 Å². The Morgan fingerprint density at radius 3 is 2.70 bits per heavy atom. The van der Waals surface area contributed by atoms with Crippen molar-refractivity contribution in [3.05, 3.63) is 11.6 Å². The van der Waals surface area contributed by atoms with E-state index in [1.54, 1.807) is 0 Å². The Labute approximate surface area is 160 Å². The number of hydrogen-bond donors (Lipinski definition) is 0. The van der Waals surface area contributed by atoms with Crippen LogP contribution in [0.15, 0.2) is 11.6 Å². The molecule has 0 amide bonds. The molecule has 5 nitrogen and oxygen atoms in total. The molecule has 0 radical (unpaired) electrons. The zero-order chi connectivity index (χ0) is 19.2. The van der Waals surface area contributed by atoms with Crippen molar-refractivity contribution in [2.24, 2.45) is 28.1 Å². The Morgan fingerprint density at radius 2 is 1.96 bits per heavy atom. The number of rotatable bonds is 1. The maximum Gasteiger partial charge on any atom is 0.312 e. The fourth-order valence-electron chi connectivity index (χ4n) is 7.47. The number of fused-ring (bicyclic) bond motifs is 4. The molecule has 0 aromatic rings. The van der Waals surface area contributed by atoms with Crippen LogP contribution in [0.5, 0.6) is 0 Å². The summed E-state index contributed by atoms with van der Waals surface area (Å²) < 4.78 is 17.8. The van der Waals surface area contributed by atoms with Gasteiger partial charge < -0.3 is 14.2 Å². The van der Waals surface area contributed by atoms with Crippen LogP contribution in [0.3, 0.4) is 0 Å². The Hall–Kier alpha value is -1.36. The normalized spacial score (nSPS) is 53.0. The molecule has 2 saturated heterocycles. The zero-order valence-corrected chi connectivity index (χ0v) is 16.7. The lowest BCUT2D eigenvalue weighted by Crippen LogP contribution is -2.57. The lowest BCUT2D eigenvalue weighted by Gasteiger charge is -2.58. The largest absolute Gasteiger partial charge is 0.459 e. The number of esters is 2. The second kappa shape index (κ2) is 5.37. The predicted octanol–water partition coefficient (Wildman–Crippen LogP) is 3.41. The average molecular weight is 374 g/mol. The summed E-state index contributed by atoms with van der Waals surface area (Å²) in [4.78, 5) is 24.3. The number of hydrogen-bond acceptors (Lipinski definition) is 5. The summed E-state index contributed by atoms with van der Waals surface area (Å²) in [7, 11) is 0. The standard InChI is InChI=1S/C22H30O5/c1-12(23)26-16-11-25-18-13-10-15-17-20(2,14(13)6-9-21(16,18)3)7-5-8-22(17,4)19(24)27-15/h10,14-18H,5-9,11H2,1-4H3. The van der Waals surface area contributed by atoms with Gasteiger partial charge in [-0.1, -0.05) is 20.3 Å². The van der Waals surface area contributed by atoms with Crippen LogP contribution in [0.1, 0.15) is 59.8 Å². The molecule has 3 aliphatic carbocycles. The van der Waals surface area contributed by atoms with Crippen LogP contribution in [0.2, 0.25) is 0 Å². The molecule has 148 valence electrons. The highest BCUT2D eigenvalue weighted by Crippen LogP contribution is 2.67. The zero-order valence-electron chi connectivity index (χ0n) is 16.7. The van der Waals surface area contributed by atoms with Crippen LogP contribution in [-0.2, 0) is 23.8 Å². The molecule has 0 aromatic heterocycles. The minimum Gasteiger partial charge on any atom is -0.459 e. The van der Waals surface area contributed by atoms with Crippen molar-refractivity contribution in [3.8, 4) is 0 Å². The summed E-state index contributed by atoms with van der Waals surface area (Å²) in [6.07, 6.45) is 7.01. The molecule has 2 heterocycles. The lowest BCUT2D eigenvalue weighted by atomic mass is 9.45. The van der Waals surface area contributed by atoms with Crippen LogP contribution in [0, 0.1) is 28.1 Å². The molecule has 2 saturated carbocycles. The van der Waals surface area contributed by atoms with E-state index < -0.39 is 0 Å². The van der Waals surface area contributed by atoms with Gasteiger partial charge in [0.2, 0.25) is 0 Å². The quantitative estimate of drug-likeness (QED) is 0.520. The first-order chi connectivity index (χ1) is 12.7. The van der Waals surface area contributed by atoms with E-state index in [0.29, 0.717) is 12.5 Å². The van der Waals surface area contributed by atoms with Gasteiger partial charge in [0.05, 0.1) is 18.1 Å². The first-order valence-electron chi connectivity index (χ1n) is 10.4.